The van der Waals surface area contributed by atoms with E-state index >= 15 is 0 Å². The fraction of sp³-hybridized carbons (Fsp3) is 0.231. The van der Waals surface area contributed by atoms with E-state index in [1.807, 2.05) is 0 Å². The van der Waals surface area contributed by atoms with Gasteiger partial charge < -0.3 is 9.84 Å². The lowest BCUT2D eigenvalue weighted by Crippen LogP contribution is -2.34. The number of carbonyl (C=O) groups is 2. The molecule has 2 amide bonds. The van der Waals surface area contributed by atoms with E-state index in [0.717, 1.165) is 0 Å². The number of hydrazone groups is 2. The molecule has 1 aromatic carbocycles. The Morgan fingerprint density at radius 2 is 2.29 bits per heavy atom. The van der Waals surface area contributed by atoms with Gasteiger partial charge in [-0.3, -0.25) is 9.59 Å². The Hall–Kier alpha value is -2.90. The molecule has 0 aromatic heterocycles. The molecule has 110 valence electrons. The molecule has 8 heteroatoms. The topological polar surface area (TPSA) is 112 Å². The monoisotopic (exact) mass is 290 g/mol. The normalized spacial score (nSPS) is 17.5. The molecule has 1 heterocycles. The molecule has 1 atom stereocenters. The molecular weight excluding hydrogens is 276 g/mol. The molecule has 0 spiro atoms. The van der Waals surface area contributed by atoms with Crippen LogP contribution in [-0.2, 0) is 9.59 Å². The summed E-state index contributed by atoms with van der Waals surface area (Å²) in [5.74, 6) is -1.73. The highest BCUT2D eigenvalue weighted by molar-refractivity contribution is 6.15. The number of phenolic OH excluding ortho intramolecular Hbond substituents is 1. The lowest BCUT2D eigenvalue weighted by Gasteiger charge is -2.07. The van der Waals surface area contributed by atoms with Gasteiger partial charge in [0.25, 0.3) is 11.8 Å². The van der Waals surface area contributed by atoms with E-state index in [1.165, 1.54) is 19.4 Å². The Labute approximate surface area is 120 Å². The zero-order valence-electron chi connectivity index (χ0n) is 11.5. The molecular formula is C13H14N4O4. The second-order valence-corrected chi connectivity index (χ2v) is 4.29. The summed E-state index contributed by atoms with van der Waals surface area (Å²) in [4.78, 5) is 23.0. The minimum atomic E-state index is -0.976. The average Bonchev–Trinajstić information content (AvgIpc) is 2.91. The number of phenols is 1. The number of nitrogens with zero attached hydrogens (tertiary/aromatic N) is 2. The first-order chi connectivity index (χ1) is 10.0. The molecule has 2 rings (SSSR count). The second kappa shape index (κ2) is 6.04. The molecule has 0 saturated heterocycles. The number of aromatic hydroxyl groups is 1. The quantitative estimate of drug-likeness (QED) is 0.410. The first-order valence-electron chi connectivity index (χ1n) is 6.07. The van der Waals surface area contributed by atoms with Crippen LogP contribution in [0.4, 0.5) is 0 Å². The second-order valence-electron chi connectivity index (χ2n) is 4.29. The van der Waals surface area contributed by atoms with Gasteiger partial charge in [-0.1, -0.05) is 0 Å². The van der Waals surface area contributed by atoms with Crippen LogP contribution in [0.3, 0.4) is 0 Å². The third-order valence-electron chi connectivity index (χ3n) is 2.89. The highest BCUT2D eigenvalue weighted by Crippen LogP contribution is 2.26. The van der Waals surface area contributed by atoms with Crippen LogP contribution in [-0.4, -0.2) is 36.0 Å². The molecule has 1 aliphatic rings. The maximum Gasteiger partial charge on any atom is 0.258 e. The van der Waals surface area contributed by atoms with E-state index < -0.39 is 17.7 Å². The molecule has 0 saturated carbocycles. The summed E-state index contributed by atoms with van der Waals surface area (Å²) >= 11 is 0. The number of rotatable bonds is 4. The van der Waals surface area contributed by atoms with Crippen LogP contribution < -0.4 is 15.6 Å². The number of benzene rings is 1. The molecule has 1 unspecified atom stereocenters. The predicted molar refractivity (Wildman–Crippen MR) is 75.1 cm³/mol. The summed E-state index contributed by atoms with van der Waals surface area (Å²) in [7, 11) is 1.44. The Bertz CT molecular complexity index is 639. The Morgan fingerprint density at radius 1 is 1.52 bits per heavy atom. The van der Waals surface area contributed by atoms with E-state index in [9.17, 15) is 14.7 Å². The largest absolute Gasteiger partial charge is 0.504 e. The van der Waals surface area contributed by atoms with Crippen molar-refractivity contribution in [3.05, 3.63) is 23.8 Å². The van der Waals surface area contributed by atoms with Gasteiger partial charge in [-0.2, -0.15) is 10.2 Å². The minimum Gasteiger partial charge on any atom is -0.504 e. The van der Waals surface area contributed by atoms with Crippen molar-refractivity contribution in [2.24, 2.45) is 16.1 Å². The van der Waals surface area contributed by atoms with Crippen molar-refractivity contribution < 1.29 is 19.4 Å². The number of hydrogen-bond acceptors (Lipinski definition) is 6. The molecule has 0 aliphatic carbocycles. The lowest BCUT2D eigenvalue weighted by molar-refractivity contribution is -0.131. The van der Waals surface area contributed by atoms with Crippen LogP contribution >= 0.6 is 0 Å². The van der Waals surface area contributed by atoms with Crippen LogP contribution in [0.1, 0.15) is 12.5 Å². The number of amides is 2. The van der Waals surface area contributed by atoms with E-state index in [4.69, 9.17) is 4.74 Å². The molecule has 1 aromatic rings. The standard InChI is InChI=1S/C13H14N4O4/c1-7(8-3-4-10(18)11(5-8)21-2)15-17-13(20)9-6-14-16-12(9)19/h3-6,9,18H,1-2H3,(H,16,19)(H,17,20). The maximum absolute atomic E-state index is 11.7. The number of nitrogens with one attached hydrogen (secondary N) is 2. The van der Waals surface area contributed by atoms with Crippen LogP contribution in [0.5, 0.6) is 11.5 Å². The molecule has 21 heavy (non-hydrogen) atoms. The Morgan fingerprint density at radius 3 is 2.90 bits per heavy atom. The van der Waals surface area contributed by atoms with Gasteiger partial charge in [-0.25, -0.2) is 10.9 Å². The van der Waals surface area contributed by atoms with Crippen molar-refractivity contribution in [3.63, 3.8) is 0 Å². The first kappa shape index (κ1) is 14.5. The van der Waals surface area contributed by atoms with E-state index in [2.05, 4.69) is 21.1 Å². The third kappa shape index (κ3) is 3.16. The van der Waals surface area contributed by atoms with Gasteiger partial charge in [-0.15, -0.1) is 0 Å². The van der Waals surface area contributed by atoms with E-state index in [0.29, 0.717) is 17.0 Å². The Balaban J connectivity index is 2.09. The first-order valence-corrected chi connectivity index (χ1v) is 6.07. The van der Waals surface area contributed by atoms with Crippen molar-refractivity contribution >= 4 is 23.7 Å². The number of hydrogen-bond donors (Lipinski definition) is 3. The van der Waals surface area contributed by atoms with Gasteiger partial charge in [0.2, 0.25) is 0 Å². The van der Waals surface area contributed by atoms with Crippen molar-refractivity contribution in [2.75, 3.05) is 7.11 Å². The van der Waals surface area contributed by atoms with Gasteiger partial charge in [-0.05, 0) is 25.1 Å². The van der Waals surface area contributed by atoms with Crippen LogP contribution in [0.25, 0.3) is 0 Å². The number of methoxy groups -OCH3 is 1. The van der Waals surface area contributed by atoms with Gasteiger partial charge >= 0.3 is 0 Å². The molecule has 3 N–H and O–H groups in total. The van der Waals surface area contributed by atoms with Gasteiger partial charge in [0.1, 0.15) is 0 Å². The summed E-state index contributed by atoms with van der Waals surface area (Å²) in [6.07, 6.45) is 1.21. The highest BCUT2D eigenvalue weighted by atomic mass is 16.5. The summed E-state index contributed by atoms with van der Waals surface area (Å²) in [6, 6.07) is 4.68. The average molecular weight is 290 g/mol. The third-order valence-corrected chi connectivity index (χ3v) is 2.89. The van der Waals surface area contributed by atoms with Gasteiger partial charge in [0.15, 0.2) is 17.4 Å². The SMILES string of the molecule is COc1cc(C(C)=NNC(=O)C2C=NNC2=O)ccc1O. The van der Waals surface area contributed by atoms with Gasteiger partial charge in [0.05, 0.1) is 12.8 Å². The van der Waals surface area contributed by atoms with Crippen molar-refractivity contribution in [1.29, 1.82) is 0 Å². The molecule has 0 fully saturated rings. The number of ether oxygens (including phenoxy) is 1. The molecule has 0 radical (unpaired) electrons. The van der Waals surface area contributed by atoms with Gasteiger partial charge in [0, 0.05) is 11.8 Å². The maximum atomic E-state index is 11.7. The summed E-state index contributed by atoms with van der Waals surface area (Å²) in [5.41, 5.74) is 5.63. The van der Waals surface area contributed by atoms with Crippen molar-refractivity contribution in [1.82, 2.24) is 10.9 Å². The van der Waals surface area contributed by atoms with Crippen molar-refractivity contribution in [3.8, 4) is 11.5 Å². The summed E-state index contributed by atoms with van der Waals surface area (Å²) in [5, 5.41) is 16.9. The number of carbonyl (C=O) groups excluding carboxylic acids is 2. The zero-order chi connectivity index (χ0) is 15.4. The highest BCUT2D eigenvalue weighted by Gasteiger charge is 2.28. The van der Waals surface area contributed by atoms with Crippen molar-refractivity contribution in [2.45, 2.75) is 6.92 Å². The fourth-order valence-corrected chi connectivity index (χ4v) is 1.68. The van der Waals surface area contributed by atoms with Crippen LogP contribution in [0.2, 0.25) is 0 Å². The molecule has 0 bridgehead atoms. The lowest BCUT2D eigenvalue weighted by atomic mass is 10.1. The van der Waals surface area contributed by atoms with Crippen LogP contribution in [0, 0.1) is 5.92 Å². The summed E-state index contributed by atoms with van der Waals surface area (Å²) < 4.78 is 4.99. The zero-order valence-corrected chi connectivity index (χ0v) is 11.5. The van der Waals surface area contributed by atoms with E-state index in [-0.39, 0.29) is 5.75 Å². The minimum absolute atomic E-state index is 0.0110. The predicted octanol–water partition coefficient (Wildman–Crippen LogP) is -0.0272. The molecule has 8 nitrogen and oxygen atoms in total. The molecule has 1 aliphatic heterocycles. The van der Waals surface area contributed by atoms with Crippen LogP contribution in [0.15, 0.2) is 28.4 Å². The fourth-order valence-electron chi connectivity index (χ4n) is 1.68. The van der Waals surface area contributed by atoms with E-state index in [1.54, 1.807) is 19.1 Å². The summed E-state index contributed by atoms with van der Waals surface area (Å²) in [6.45, 7) is 1.68. The smallest absolute Gasteiger partial charge is 0.258 e. The Kier molecular flexibility index (Phi) is 4.17.